The fourth-order valence-corrected chi connectivity index (χ4v) is 8.74. The van der Waals surface area contributed by atoms with Crippen molar-refractivity contribution in [3.63, 3.8) is 0 Å². The minimum absolute atomic E-state index is 0. The molecule has 0 fully saturated rings. The number of aromatic nitrogens is 3. The summed E-state index contributed by atoms with van der Waals surface area (Å²) in [6, 6.07) is 68.7. The molecule has 0 aliphatic carbocycles. The topological polar surface area (TPSA) is 50.9 Å². The molecule has 0 unspecified atom stereocenters. The molecule has 64 heavy (non-hydrogen) atoms. The molecule has 0 aliphatic heterocycles. The summed E-state index contributed by atoms with van der Waals surface area (Å²) in [5.74, 6) is -0.114. The molecule has 0 saturated heterocycles. The van der Waals surface area contributed by atoms with Gasteiger partial charge in [0.15, 0.2) is 0 Å². The second-order valence-corrected chi connectivity index (χ2v) is 16.5. The third-order valence-electron chi connectivity index (χ3n) is 11.9. The minimum atomic E-state index is -0.912. The molecule has 0 saturated carbocycles. The average molecular weight is 1010 g/mol. The van der Waals surface area contributed by atoms with E-state index in [1.165, 1.54) is 11.1 Å². The van der Waals surface area contributed by atoms with Crippen LogP contribution in [0, 0.1) is 19.9 Å². The number of aryl methyl sites for hydroxylation is 2. The number of nitrogens with zero attached hydrogens (tertiary/aromatic N) is 3. The maximum absolute atomic E-state index is 11.7. The Morgan fingerprint density at radius 3 is 1.83 bits per heavy atom. The van der Waals surface area contributed by atoms with Gasteiger partial charge in [-0.1, -0.05) is 176 Å². The van der Waals surface area contributed by atoms with Gasteiger partial charge in [-0.2, -0.15) is 0 Å². The first-order chi connectivity index (χ1) is 31.1. The molecule has 10 aromatic rings. The molecular formula is C59H46N3OPt-. The van der Waals surface area contributed by atoms with Crippen LogP contribution in [0.2, 0.25) is 0 Å². The predicted octanol–water partition coefficient (Wildman–Crippen LogP) is 15.3. The normalized spacial score (nSPS) is 11.6. The summed E-state index contributed by atoms with van der Waals surface area (Å²) in [5, 5.41) is 11.7. The first kappa shape index (κ1) is 40.9. The Balaban J connectivity index is 0.00000533. The fourth-order valence-electron chi connectivity index (χ4n) is 8.74. The maximum Gasteiger partial charge on any atom is 0.148 e. The Kier molecular flexibility index (Phi) is 11.5. The van der Waals surface area contributed by atoms with Crippen molar-refractivity contribution >= 4 is 11.0 Å². The number of hydrogen-bond acceptors (Lipinski definition) is 3. The van der Waals surface area contributed by atoms with Crippen molar-refractivity contribution in [2.45, 2.75) is 33.6 Å². The molecule has 0 aliphatic rings. The van der Waals surface area contributed by atoms with E-state index in [0.717, 1.165) is 89.2 Å². The minimum Gasteiger partial charge on any atom is -0.507 e. The first-order valence-corrected chi connectivity index (χ1v) is 21.4. The second-order valence-electron chi connectivity index (χ2n) is 16.5. The number of phenols is 1. The summed E-state index contributed by atoms with van der Waals surface area (Å²) < 4.78 is 11.4. The van der Waals surface area contributed by atoms with Gasteiger partial charge in [0, 0.05) is 40.0 Å². The molecule has 10 rings (SSSR count). The van der Waals surface area contributed by atoms with Crippen LogP contribution in [0.25, 0.3) is 95.0 Å². The molecule has 0 atom stereocenters. The zero-order chi connectivity index (χ0) is 44.0. The fraction of sp³-hybridized carbons (Fsp3) is 0.0847. The monoisotopic (exact) mass is 1010 g/mol. The smallest absolute Gasteiger partial charge is 0.148 e. The van der Waals surface area contributed by atoms with Crippen LogP contribution in [-0.4, -0.2) is 19.6 Å². The molecule has 4 nitrogen and oxygen atoms in total. The van der Waals surface area contributed by atoms with E-state index < -0.39 is 5.89 Å². The van der Waals surface area contributed by atoms with E-state index in [2.05, 4.69) is 156 Å². The zero-order valence-corrected chi connectivity index (χ0v) is 38.4. The third kappa shape index (κ3) is 8.14. The van der Waals surface area contributed by atoms with Crippen molar-refractivity contribution in [3.8, 4) is 89.7 Å². The van der Waals surface area contributed by atoms with Crippen molar-refractivity contribution in [2.24, 2.45) is 0 Å². The summed E-state index contributed by atoms with van der Waals surface area (Å²) in [4.78, 5) is 10.4. The summed E-state index contributed by atoms with van der Waals surface area (Å²) >= 11 is 0. The molecule has 0 radical (unpaired) electrons. The molecule has 2 heterocycles. The Morgan fingerprint density at radius 2 is 1.16 bits per heavy atom. The van der Waals surface area contributed by atoms with E-state index in [9.17, 15) is 6.48 Å². The van der Waals surface area contributed by atoms with Crippen LogP contribution in [0.3, 0.4) is 0 Å². The van der Waals surface area contributed by atoms with Gasteiger partial charge in [0.1, 0.15) is 11.6 Å². The van der Waals surface area contributed by atoms with Gasteiger partial charge in [0.2, 0.25) is 0 Å². The third-order valence-corrected chi connectivity index (χ3v) is 11.9. The van der Waals surface area contributed by atoms with Gasteiger partial charge in [-0.3, -0.25) is 9.55 Å². The molecule has 0 bridgehead atoms. The van der Waals surface area contributed by atoms with Gasteiger partial charge in [0.25, 0.3) is 0 Å². The molecule has 2 aromatic heterocycles. The molecule has 314 valence electrons. The molecule has 0 amide bonds. The van der Waals surface area contributed by atoms with Gasteiger partial charge in [-0.15, -0.1) is 23.8 Å². The van der Waals surface area contributed by atoms with Crippen LogP contribution in [0.1, 0.15) is 37.8 Å². The Bertz CT molecular complexity index is 3320. The van der Waals surface area contributed by atoms with Crippen LogP contribution in [-0.2, 0) is 21.1 Å². The van der Waals surface area contributed by atoms with Crippen molar-refractivity contribution < 1.29 is 27.5 Å². The first-order valence-electron chi connectivity index (χ1n) is 21.9. The quantitative estimate of drug-likeness (QED) is 0.147. The summed E-state index contributed by atoms with van der Waals surface area (Å²) in [5.41, 5.74) is 17.9. The molecular weight excluding hydrogens is 962 g/mol. The number of hydrogen-bond donors (Lipinski definition) is 1. The van der Waals surface area contributed by atoms with Gasteiger partial charge in [-0.25, -0.2) is 4.98 Å². The standard InChI is InChI=1S/C59H46N3O.Pt/c1-38(2)53-37-50(27-28-51(53)45-19-12-7-13-20-45)62-56-22-14-21-52(57(56)61-59(62)54-32-39(3)31-40(4)58(54)63)48-33-47(42-17-10-6-11-18-42)34-49(35-48)55-36-46(29-30-60-55)44-25-23-43(24-26-44)41-15-8-5-9-16-41;/h5-34,36-38,63H,1-4H3;/q-1;/i38D;. The van der Waals surface area contributed by atoms with E-state index in [1.807, 2.05) is 76.4 Å². The number of pyridine rings is 1. The molecule has 5 heteroatoms. The number of imidazole rings is 1. The van der Waals surface area contributed by atoms with Gasteiger partial charge < -0.3 is 5.11 Å². The number of benzene rings is 8. The Labute approximate surface area is 391 Å². The second kappa shape index (κ2) is 17.9. The molecule has 1 N–H and O–H groups in total. The Morgan fingerprint density at radius 1 is 0.547 bits per heavy atom. The number of fused-ring (bicyclic) bond motifs is 1. The Hall–Kier alpha value is -7.13. The van der Waals surface area contributed by atoms with Crippen molar-refractivity contribution in [3.05, 3.63) is 217 Å². The average Bonchev–Trinajstić information content (AvgIpc) is 3.73. The van der Waals surface area contributed by atoms with E-state index in [-0.39, 0.29) is 26.8 Å². The van der Waals surface area contributed by atoms with E-state index in [1.54, 1.807) is 0 Å². The summed E-state index contributed by atoms with van der Waals surface area (Å²) in [6.07, 6.45) is 1.87. The van der Waals surface area contributed by atoms with Crippen molar-refractivity contribution in [1.82, 2.24) is 14.5 Å². The van der Waals surface area contributed by atoms with E-state index in [4.69, 9.17) is 9.97 Å². The van der Waals surface area contributed by atoms with Crippen LogP contribution >= 0.6 is 0 Å². The maximum atomic E-state index is 11.7. The molecule has 0 spiro atoms. The van der Waals surface area contributed by atoms with Crippen molar-refractivity contribution in [2.75, 3.05) is 0 Å². The summed E-state index contributed by atoms with van der Waals surface area (Å²) in [6.45, 7) is 7.82. The number of para-hydroxylation sites is 1. The molecule has 8 aromatic carbocycles. The van der Waals surface area contributed by atoms with Crippen LogP contribution in [0.5, 0.6) is 5.75 Å². The van der Waals surface area contributed by atoms with Gasteiger partial charge in [-0.05, 0) is 106 Å². The van der Waals surface area contributed by atoms with E-state index in [0.29, 0.717) is 11.4 Å². The SMILES string of the molecule is [2H]C(C)(C)c1cc(-n2c(-c3cc(C)cc(C)c3O)nc3c(-c4[c-]c(-c5cc(-c6ccc(-c7ccccc7)cc6)ccn5)cc(-c5ccccc5)c4)cccc32)ccc1-c1ccccc1.[Pt]. The van der Waals surface area contributed by atoms with Crippen LogP contribution < -0.4 is 0 Å². The zero-order valence-electron chi connectivity index (χ0n) is 37.1. The largest absolute Gasteiger partial charge is 0.507 e. The predicted molar refractivity (Wildman–Crippen MR) is 261 cm³/mol. The number of phenolic OH excluding ortho intramolecular Hbond substituents is 1. The van der Waals surface area contributed by atoms with Crippen LogP contribution in [0.15, 0.2) is 194 Å². The van der Waals surface area contributed by atoms with Crippen molar-refractivity contribution in [1.29, 1.82) is 0 Å². The summed E-state index contributed by atoms with van der Waals surface area (Å²) in [7, 11) is 0. The van der Waals surface area contributed by atoms with Gasteiger partial charge in [0.05, 0.1) is 16.6 Å². The van der Waals surface area contributed by atoms with E-state index >= 15 is 0 Å². The number of aromatic hydroxyl groups is 1. The van der Waals surface area contributed by atoms with Crippen LogP contribution in [0.4, 0.5) is 0 Å². The van der Waals surface area contributed by atoms with Gasteiger partial charge >= 0.3 is 0 Å². The number of rotatable bonds is 9.